The van der Waals surface area contributed by atoms with Crippen LogP contribution in [0.1, 0.15) is 17.4 Å². The lowest BCUT2D eigenvalue weighted by atomic mass is 10.5. The van der Waals surface area contributed by atoms with Crippen LogP contribution in [0.4, 0.5) is 5.82 Å². The van der Waals surface area contributed by atoms with E-state index >= 15 is 0 Å². The number of carboxylic acid groups (broad SMARTS) is 1. The predicted octanol–water partition coefficient (Wildman–Crippen LogP) is 0.882. The standard InChI is InChI=1S/C12H15N5O3/c1-2-20-11-5-10(14-7-15-11)13-3-4-17-6-9(12(18)19)16-8-17/h5-8H,2-4H2,1H3,(H,18,19)(H,13,14,15). The Bertz CT molecular complexity index is 584. The summed E-state index contributed by atoms with van der Waals surface area (Å²) in [5.74, 6) is 0.136. The Labute approximate surface area is 115 Å². The molecule has 106 valence electrons. The monoisotopic (exact) mass is 277 g/mol. The number of rotatable bonds is 7. The Morgan fingerprint density at radius 3 is 3.00 bits per heavy atom. The largest absolute Gasteiger partial charge is 0.478 e. The van der Waals surface area contributed by atoms with E-state index in [1.807, 2.05) is 6.92 Å². The third-order valence-electron chi connectivity index (χ3n) is 2.46. The van der Waals surface area contributed by atoms with Crippen molar-refractivity contribution in [2.45, 2.75) is 13.5 Å². The molecule has 8 heteroatoms. The molecule has 0 aliphatic heterocycles. The van der Waals surface area contributed by atoms with Gasteiger partial charge in [-0.1, -0.05) is 0 Å². The van der Waals surface area contributed by atoms with Crippen molar-refractivity contribution in [3.63, 3.8) is 0 Å². The van der Waals surface area contributed by atoms with Crippen molar-refractivity contribution >= 4 is 11.8 Å². The molecule has 0 spiro atoms. The summed E-state index contributed by atoms with van der Waals surface area (Å²) in [5, 5.41) is 11.9. The molecule has 0 bridgehead atoms. The minimum atomic E-state index is -1.03. The average molecular weight is 277 g/mol. The first-order valence-corrected chi connectivity index (χ1v) is 6.13. The van der Waals surface area contributed by atoms with Crippen LogP contribution in [0, 0.1) is 0 Å². The molecule has 0 atom stereocenters. The lowest BCUT2D eigenvalue weighted by molar-refractivity contribution is 0.0691. The molecule has 2 aromatic rings. The predicted molar refractivity (Wildman–Crippen MR) is 70.9 cm³/mol. The van der Waals surface area contributed by atoms with Crippen molar-refractivity contribution in [3.8, 4) is 5.88 Å². The van der Waals surface area contributed by atoms with Crippen LogP contribution in [0.25, 0.3) is 0 Å². The van der Waals surface area contributed by atoms with E-state index in [9.17, 15) is 4.79 Å². The normalized spacial score (nSPS) is 10.2. The number of hydrogen-bond donors (Lipinski definition) is 2. The van der Waals surface area contributed by atoms with Crippen LogP contribution in [0.2, 0.25) is 0 Å². The summed E-state index contributed by atoms with van der Waals surface area (Å²) >= 11 is 0. The van der Waals surface area contributed by atoms with E-state index in [0.717, 1.165) is 0 Å². The van der Waals surface area contributed by atoms with Gasteiger partial charge < -0.3 is 19.7 Å². The number of imidazole rings is 1. The van der Waals surface area contributed by atoms with Gasteiger partial charge in [-0.2, -0.15) is 0 Å². The average Bonchev–Trinajstić information content (AvgIpc) is 2.89. The maximum absolute atomic E-state index is 10.7. The van der Waals surface area contributed by atoms with Crippen molar-refractivity contribution in [3.05, 3.63) is 30.6 Å². The van der Waals surface area contributed by atoms with Crippen LogP contribution in [0.3, 0.4) is 0 Å². The van der Waals surface area contributed by atoms with Gasteiger partial charge in [-0.3, -0.25) is 0 Å². The zero-order valence-corrected chi connectivity index (χ0v) is 11.0. The van der Waals surface area contributed by atoms with E-state index in [2.05, 4.69) is 20.3 Å². The van der Waals surface area contributed by atoms with Gasteiger partial charge in [0.2, 0.25) is 5.88 Å². The second-order valence-electron chi connectivity index (χ2n) is 3.90. The minimum absolute atomic E-state index is 0.0330. The number of nitrogens with zero attached hydrogens (tertiary/aromatic N) is 4. The highest BCUT2D eigenvalue weighted by atomic mass is 16.5. The molecule has 8 nitrogen and oxygen atoms in total. The molecule has 20 heavy (non-hydrogen) atoms. The van der Waals surface area contributed by atoms with Crippen molar-refractivity contribution in [2.75, 3.05) is 18.5 Å². The highest BCUT2D eigenvalue weighted by Crippen LogP contribution is 2.10. The van der Waals surface area contributed by atoms with E-state index in [1.165, 1.54) is 18.9 Å². The van der Waals surface area contributed by atoms with Crippen LogP contribution in [0.15, 0.2) is 24.9 Å². The molecular weight excluding hydrogens is 262 g/mol. The Morgan fingerprint density at radius 1 is 1.45 bits per heavy atom. The van der Waals surface area contributed by atoms with Crippen molar-refractivity contribution in [2.24, 2.45) is 0 Å². The maximum atomic E-state index is 10.7. The van der Waals surface area contributed by atoms with Crippen LogP contribution < -0.4 is 10.1 Å². The molecule has 2 N–H and O–H groups in total. The molecule has 0 unspecified atom stereocenters. The molecular formula is C12H15N5O3. The summed E-state index contributed by atoms with van der Waals surface area (Å²) in [6.07, 6.45) is 4.39. The Hall–Kier alpha value is -2.64. The quantitative estimate of drug-likeness (QED) is 0.774. The van der Waals surface area contributed by atoms with E-state index in [0.29, 0.717) is 31.4 Å². The van der Waals surface area contributed by atoms with E-state index in [-0.39, 0.29) is 5.69 Å². The fourth-order valence-corrected chi connectivity index (χ4v) is 1.57. The van der Waals surface area contributed by atoms with Crippen molar-refractivity contribution < 1.29 is 14.6 Å². The Morgan fingerprint density at radius 2 is 2.30 bits per heavy atom. The van der Waals surface area contributed by atoms with Gasteiger partial charge in [0.15, 0.2) is 5.69 Å². The summed E-state index contributed by atoms with van der Waals surface area (Å²) in [6.45, 7) is 3.59. The molecule has 0 fully saturated rings. The molecule has 2 aromatic heterocycles. The molecule has 0 amide bonds. The minimum Gasteiger partial charge on any atom is -0.478 e. The van der Waals surface area contributed by atoms with Crippen LogP contribution >= 0.6 is 0 Å². The number of nitrogens with one attached hydrogen (secondary N) is 1. The molecule has 0 saturated carbocycles. The SMILES string of the molecule is CCOc1cc(NCCn2cnc(C(=O)O)c2)ncn1. The van der Waals surface area contributed by atoms with E-state index in [1.54, 1.807) is 10.6 Å². The maximum Gasteiger partial charge on any atom is 0.356 e. The van der Waals surface area contributed by atoms with Gasteiger partial charge in [0.05, 0.1) is 12.9 Å². The van der Waals surface area contributed by atoms with Crippen molar-refractivity contribution in [1.29, 1.82) is 0 Å². The molecule has 2 rings (SSSR count). The molecule has 0 aliphatic rings. The van der Waals surface area contributed by atoms with Gasteiger partial charge in [0.25, 0.3) is 0 Å². The van der Waals surface area contributed by atoms with Crippen molar-refractivity contribution in [1.82, 2.24) is 19.5 Å². The Balaban J connectivity index is 1.85. The third kappa shape index (κ3) is 3.67. The lowest BCUT2D eigenvalue weighted by Gasteiger charge is -2.07. The molecule has 0 radical (unpaired) electrons. The van der Waals surface area contributed by atoms with Gasteiger partial charge in [-0.05, 0) is 6.92 Å². The first-order chi connectivity index (χ1) is 9.69. The first-order valence-electron chi connectivity index (χ1n) is 6.13. The summed E-state index contributed by atoms with van der Waals surface area (Å²) in [6, 6.07) is 1.71. The number of aromatic carboxylic acids is 1. The second-order valence-corrected chi connectivity index (χ2v) is 3.90. The van der Waals surface area contributed by atoms with E-state index < -0.39 is 5.97 Å². The van der Waals surface area contributed by atoms with E-state index in [4.69, 9.17) is 9.84 Å². The zero-order chi connectivity index (χ0) is 14.4. The molecule has 0 aliphatic carbocycles. The summed E-state index contributed by atoms with van der Waals surface area (Å²) < 4.78 is 6.96. The number of carbonyl (C=O) groups is 1. The van der Waals surface area contributed by atoms with Gasteiger partial charge in [-0.25, -0.2) is 19.7 Å². The Kier molecular flexibility index (Phi) is 4.48. The van der Waals surface area contributed by atoms with Gasteiger partial charge in [-0.15, -0.1) is 0 Å². The van der Waals surface area contributed by atoms with Crippen LogP contribution in [-0.4, -0.2) is 43.7 Å². The number of ether oxygens (including phenoxy) is 1. The highest BCUT2D eigenvalue weighted by Gasteiger charge is 2.06. The van der Waals surface area contributed by atoms with Gasteiger partial charge >= 0.3 is 5.97 Å². The number of hydrogen-bond acceptors (Lipinski definition) is 6. The number of aromatic nitrogens is 4. The zero-order valence-electron chi connectivity index (χ0n) is 11.0. The summed E-state index contributed by atoms with van der Waals surface area (Å²) in [4.78, 5) is 22.5. The summed E-state index contributed by atoms with van der Waals surface area (Å²) in [7, 11) is 0. The summed E-state index contributed by atoms with van der Waals surface area (Å²) in [5.41, 5.74) is 0.0330. The van der Waals surface area contributed by atoms with Crippen LogP contribution in [0.5, 0.6) is 5.88 Å². The van der Waals surface area contributed by atoms with Crippen LogP contribution in [-0.2, 0) is 6.54 Å². The second kappa shape index (κ2) is 6.50. The molecule has 0 saturated heterocycles. The molecule has 2 heterocycles. The fourth-order valence-electron chi connectivity index (χ4n) is 1.57. The van der Waals surface area contributed by atoms with Gasteiger partial charge in [0, 0.05) is 25.4 Å². The number of carboxylic acids is 1. The topological polar surface area (TPSA) is 102 Å². The first kappa shape index (κ1) is 13.8. The fraction of sp³-hybridized carbons (Fsp3) is 0.333. The van der Waals surface area contributed by atoms with Gasteiger partial charge in [0.1, 0.15) is 12.1 Å². The lowest BCUT2D eigenvalue weighted by Crippen LogP contribution is -2.10. The smallest absolute Gasteiger partial charge is 0.356 e. The third-order valence-corrected chi connectivity index (χ3v) is 2.46. The number of anilines is 1. The molecule has 0 aromatic carbocycles. The highest BCUT2D eigenvalue weighted by molar-refractivity contribution is 5.84.